The number of hydrogen-bond acceptors (Lipinski definition) is 5. The number of aromatic nitrogens is 2. The second kappa shape index (κ2) is 5.70. The van der Waals surface area contributed by atoms with Crippen molar-refractivity contribution < 1.29 is 18.4 Å². The average Bonchev–Trinajstić information content (AvgIpc) is 2.80. The number of amides is 1. The molecule has 6 nitrogen and oxygen atoms in total. The van der Waals surface area contributed by atoms with Gasteiger partial charge in [-0.1, -0.05) is 5.16 Å². The minimum Gasteiger partial charge on any atom is -0.444 e. The third-order valence-electron chi connectivity index (χ3n) is 3.43. The Bertz CT molecular complexity index is 593. The molecule has 1 aromatic heterocycles. The molecule has 7 heteroatoms. The van der Waals surface area contributed by atoms with Crippen molar-refractivity contribution in [3.63, 3.8) is 0 Å². The third-order valence-corrected chi connectivity index (χ3v) is 3.43. The maximum absolute atomic E-state index is 13.8. The molecule has 1 N–H and O–H groups in total. The van der Waals surface area contributed by atoms with Crippen LogP contribution in [0.2, 0.25) is 0 Å². The quantitative estimate of drug-likeness (QED) is 0.921. The van der Waals surface area contributed by atoms with E-state index in [1.165, 1.54) is 0 Å². The fraction of sp³-hybridized carbons (Fsp3) is 0.667. The molecule has 1 aliphatic rings. The summed E-state index contributed by atoms with van der Waals surface area (Å²) in [6.07, 6.45) is 1.72. The van der Waals surface area contributed by atoms with Gasteiger partial charge in [0.25, 0.3) is 5.89 Å². The minimum atomic E-state index is -0.730. The van der Waals surface area contributed by atoms with Crippen LogP contribution in [0.5, 0.6) is 0 Å². The molecule has 0 saturated heterocycles. The summed E-state index contributed by atoms with van der Waals surface area (Å²) < 4.78 is 24.1. The molecule has 0 unspecified atom stereocenters. The Morgan fingerprint density at radius 2 is 2.00 bits per heavy atom. The van der Waals surface area contributed by atoms with Gasteiger partial charge in [0.1, 0.15) is 11.1 Å². The first-order valence-corrected chi connectivity index (χ1v) is 7.32. The average molecular weight is 311 g/mol. The molecule has 1 fully saturated rings. The number of nitrogens with zero attached hydrogens (tertiary/aromatic N) is 2. The molecule has 0 aromatic carbocycles. The number of halogens is 1. The predicted octanol–water partition coefficient (Wildman–Crippen LogP) is 3.69. The number of rotatable bonds is 3. The second-order valence-electron chi connectivity index (χ2n) is 6.80. The van der Waals surface area contributed by atoms with Crippen molar-refractivity contribution in [3.05, 3.63) is 17.3 Å². The van der Waals surface area contributed by atoms with E-state index in [1.807, 2.05) is 0 Å². The molecular formula is C15H22FN3O3. The van der Waals surface area contributed by atoms with Gasteiger partial charge in [-0.15, -0.1) is 0 Å². The summed E-state index contributed by atoms with van der Waals surface area (Å²) in [7, 11) is 0. The lowest BCUT2D eigenvalue weighted by Gasteiger charge is -2.39. The SMILES string of the molecule is CC(C)=C(F)c1nc(C2(NC(=O)OC(C)(C)C)CCC2)no1. The normalized spacial score (nSPS) is 16.6. The number of carbonyl (C=O) groups is 1. The molecule has 1 amide bonds. The number of carbonyl (C=O) groups excluding carboxylic acids is 1. The molecule has 2 rings (SSSR count). The highest BCUT2D eigenvalue weighted by Crippen LogP contribution is 2.40. The van der Waals surface area contributed by atoms with E-state index >= 15 is 0 Å². The molecule has 0 atom stereocenters. The molecule has 1 heterocycles. The van der Waals surface area contributed by atoms with Crippen molar-refractivity contribution in [2.45, 2.75) is 65.0 Å². The van der Waals surface area contributed by atoms with Crippen molar-refractivity contribution in [3.8, 4) is 0 Å². The van der Waals surface area contributed by atoms with Gasteiger partial charge in [0.2, 0.25) is 0 Å². The zero-order valence-electron chi connectivity index (χ0n) is 13.6. The highest BCUT2D eigenvalue weighted by Gasteiger charge is 2.45. The topological polar surface area (TPSA) is 77.2 Å². The van der Waals surface area contributed by atoms with Gasteiger partial charge < -0.3 is 14.6 Å². The van der Waals surface area contributed by atoms with Crippen LogP contribution < -0.4 is 5.32 Å². The molecule has 1 aromatic rings. The Hall–Kier alpha value is -1.92. The summed E-state index contributed by atoms with van der Waals surface area (Å²) in [5.74, 6) is -0.409. The Labute approximate surface area is 129 Å². The van der Waals surface area contributed by atoms with Gasteiger partial charge in [-0.05, 0) is 59.5 Å². The molecule has 22 heavy (non-hydrogen) atoms. The van der Waals surface area contributed by atoms with Gasteiger partial charge in [-0.2, -0.15) is 4.98 Å². The van der Waals surface area contributed by atoms with Crippen molar-refractivity contribution in [2.75, 3.05) is 0 Å². The second-order valence-corrected chi connectivity index (χ2v) is 6.80. The van der Waals surface area contributed by atoms with Gasteiger partial charge in [-0.3, -0.25) is 0 Å². The van der Waals surface area contributed by atoms with Crippen LogP contribution >= 0.6 is 0 Å². The number of nitrogens with one attached hydrogen (secondary N) is 1. The molecule has 0 spiro atoms. The lowest BCUT2D eigenvalue weighted by molar-refractivity contribution is 0.0362. The maximum atomic E-state index is 13.8. The van der Waals surface area contributed by atoms with E-state index in [4.69, 9.17) is 9.26 Å². The highest BCUT2D eigenvalue weighted by atomic mass is 19.1. The molecule has 0 aliphatic heterocycles. The van der Waals surface area contributed by atoms with Crippen LogP contribution in [0, 0.1) is 0 Å². The molecule has 122 valence electrons. The lowest BCUT2D eigenvalue weighted by atomic mass is 9.76. The van der Waals surface area contributed by atoms with Crippen LogP contribution in [0.25, 0.3) is 5.83 Å². The van der Waals surface area contributed by atoms with Crippen LogP contribution in [0.1, 0.15) is 65.6 Å². The van der Waals surface area contributed by atoms with E-state index in [1.54, 1.807) is 34.6 Å². The van der Waals surface area contributed by atoms with Gasteiger partial charge in [0.15, 0.2) is 11.7 Å². The van der Waals surface area contributed by atoms with Crippen LogP contribution in [0.3, 0.4) is 0 Å². The number of allylic oxidation sites excluding steroid dienone is 1. The van der Waals surface area contributed by atoms with Crippen molar-refractivity contribution >= 4 is 11.9 Å². The molecule has 0 bridgehead atoms. The summed E-state index contributed by atoms with van der Waals surface area (Å²) >= 11 is 0. The zero-order chi connectivity index (χ0) is 16.5. The predicted molar refractivity (Wildman–Crippen MR) is 78.6 cm³/mol. The minimum absolute atomic E-state index is 0.160. The smallest absolute Gasteiger partial charge is 0.408 e. The Balaban J connectivity index is 2.18. The Morgan fingerprint density at radius 1 is 1.36 bits per heavy atom. The lowest BCUT2D eigenvalue weighted by Crippen LogP contribution is -2.52. The first kappa shape index (κ1) is 16.5. The van der Waals surface area contributed by atoms with E-state index < -0.39 is 23.1 Å². The number of hydrogen-bond donors (Lipinski definition) is 1. The summed E-state index contributed by atoms with van der Waals surface area (Å²) in [6.45, 7) is 8.61. The van der Waals surface area contributed by atoms with E-state index in [0.717, 1.165) is 6.42 Å². The number of ether oxygens (including phenoxy) is 1. The Morgan fingerprint density at radius 3 is 2.45 bits per heavy atom. The van der Waals surface area contributed by atoms with Crippen LogP contribution in [-0.4, -0.2) is 21.8 Å². The van der Waals surface area contributed by atoms with Crippen LogP contribution in [-0.2, 0) is 10.3 Å². The summed E-state index contributed by atoms with van der Waals surface area (Å²) in [5, 5.41) is 6.63. The summed E-state index contributed by atoms with van der Waals surface area (Å²) in [5.41, 5.74) is -0.865. The van der Waals surface area contributed by atoms with Crippen LogP contribution in [0.4, 0.5) is 9.18 Å². The van der Waals surface area contributed by atoms with Crippen molar-refractivity contribution in [2.24, 2.45) is 0 Å². The molecular weight excluding hydrogens is 289 g/mol. The Kier molecular flexibility index (Phi) is 4.26. The fourth-order valence-corrected chi connectivity index (χ4v) is 2.15. The molecule has 0 radical (unpaired) electrons. The van der Waals surface area contributed by atoms with E-state index in [-0.39, 0.29) is 11.7 Å². The van der Waals surface area contributed by atoms with Crippen molar-refractivity contribution in [1.82, 2.24) is 15.5 Å². The maximum Gasteiger partial charge on any atom is 0.408 e. The summed E-state index contributed by atoms with van der Waals surface area (Å²) in [6, 6.07) is 0. The fourth-order valence-electron chi connectivity index (χ4n) is 2.15. The van der Waals surface area contributed by atoms with E-state index in [9.17, 15) is 9.18 Å². The largest absolute Gasteiger partial charge is 0.444 e. The number of alkyl carbamates (subject to hydrolysis) is 1. The van der Waals surface area contributed by atoms with Gasteiger partial charge >= 0.3 is 6.09 Å². The monoisotopic (exact) mass is 311 g/mol. The first-order valence-electron chi connectivity index (χ1n) is 7.32. The summed E-state index contributed by atoms with van der Waals surface area (Å²) in [4.78, 5) is 16.1. The van der Waals surface area contributed by atoms with Crippen LogP contribution in [0.15, 0.2) is 10.1 Å². The standard InChI is InChI=1S/C15H22FN3O3/c1-9(2)10(16)11-17-12(19-22-11)15(7-6-8-15)18-13(20)21-14(3,4)5/h6-8H2,1-5H3,(H,18,20). The van der Waals surface area contributed by atoms with Gasteiger partial charge in [0, 0.05) is 0 Å². The van der Waals surface area contributed by atoms with E-state index in [0.29, 0.717) is 18.4 Å². The first-order chi connectivity index (χ1) is 10.1. The zero-order valence-corrected chi connectivity index (χ0v) is 13.6. The third kappa shape index (κ3) is 3.45. The van der Waals surface area contributed by atoms with Gasteiger partial charge in [0.05, 0.1) is 0 Å². The van der Waals surface area contributed by atoms with E-state index in [2.05, 4.69) is 15.5 Å². The highest BCUT2D eigenvalue weighted by molar-refractivity contribution is 5.69. The van der Waals surface area contributed by atoms with Gasteiger partial charge in [-0.25, -0.2) is 9.18 Å². The molecule has 1 saturated carbocycles. The van der Waals surface area contributed by atoms with Crippen molar-refractivity contribution in [1.29, 1.82) is 0 Å². The molecule has 1 aliphatic carbocycles.